The molecule has 0 bridgehead atoms. The third-order valence-electron chi connectivity index (χ3n) is 6.32. The number of fused-ring (bicyclic) bond motifs is 1. The number of piperazine rings is 1. The summed E-state index contributed by atoms with van der Waals surface area (Å²) in [4.78, 5) is 21.9. The van der Waals surface area contributed by atoms with Crippen molar-refractivity contribution in [2.24, 2.45) is 7.05 Å². The molecule has 3 aromatic rings. The van der Waals surface area contributed by atoms with Gasteiger partial charge in [0.2, 0.25) is 0 Å². The van der Waals surface area contributed by atoms with E-state index in [4.69, 9.17) is 4.98 Å². The van der Waals surface area contributed by atoms with Crippen molar-refractivity contribution in [2.75, 3.05) is 31.1 Å². The molecule has 1 saturated carbocycles. The Morgan fingerprint density at radius 1 is 1.09 bits per heavy atom. The molecule has 1 aliphatic heterocycles. The zero-order valence-corrected chi connectivity index (χ0v) is 18.0. The third kappa shape index (κ3) is 3.69. The number of rotatable bonds is 3. The van der Waals surface area contributed by atoms with Crippen molar-refractivity contribution in [3.05, 3.63) is 52.8 Å². The molecule has 0 N–H and O–H groups in total. The highest BCUT2D eigenvalue weighted by Gasteiger charge is 2.32. The molecule has 2 aliphatic rings. The molecule has 1 amide bonds. The SMILES string of the molecule is Cc1nn(C)c2nc(C3CC3)cc(C(=O)N3CCN(c4cccc(C(F)(F)F)c4)CC3)c12. The van der Waals surface area contributed by atoms with Gasteiger partial charge in [-0.15, -0.1) is 0 Å². The lowest BCUT2D eigenvalue weighted by Gasteiger charge is -2.36. The summed E-state index contributed by atoms with van der Waals surface area (Å²) in [7, 11) is 1.83. The van der Waals surface area contributed by atoms with E-state index in [2.05, 4.69) is 5.10 Å². The molecule has 0 spiro atoms. The zero-order chi connectivity index (χ0) is 22.6. The van der Waals surface area contributed by atoms with Gasteiger partial charge < -0.3 is 9.80 Å². The Labute approximate surface area is 183 Å². The van der Waals surface area contributed by atoms with Crippen molar-refractivity contribution in [2.45, 2.75) is 31.9 Å². The van der Waals surface area contributed by atoms with Gasteiger partial charge in [0.05, 0.1) is 22.2 Å². The molecule has 3 heterocycles. The minimum absolute atomic E-state index is 0.0703. The Morgan fingerprint density at radius 2 is 1.81 bits per heavy atom. The Hall–Kier alpha value is -3.10. The van der Waals surface area contributed by atoms with Gasteiger partial charge in [-0.25, -0.2) is 4.98 Å². The molecule has 168 valence electrons. The van der Waals surface area contributed by atoms with Crippen LogP contribution in [0.25, 0.3) is 11.0 Å². The molecular formula is C23H24F3N5O. The highest BCUT2D eigenvalue weighted by molar-refractivity contribution is 6.06. The first kappa shape index (κ1) is 20.8. The lowest BCUT2D eigenvalue weighted by atomic mass is 10.1. The van der Waals surface area contributed by atoms with E-state index in [1.807, 2.05) is 24.9 Å². The average molecular weight is 443 g/mol. The van der Waals surface area contributed by atoms with Gasteiger partial charge in [0, 0.05) is 50.5 Å². The van der Waals surface area contributed by atoms with Crippen molar-refractivity contribution in [3.63, 3.8) is 0 Å². The van der Waals surface area contributed by atoms with Crippen LogP contribution in [0.2, 0.25) is 0 Å². The largest absolute Gasteiger partial charge is 0.416 e. The quantitative estimate of drug-likeness (QED) is 0.611. The number of hydrogen-bond donors (Lipinski definition) is 0. The summed E-state index contributed by atoms with van der Waals surface area (Å²) in [5, 5.41) is 5.24. The highest BCUT2D eigenvalue weighted by Crippen LogP contribution is 2.40. The van der Waals surface area contributed by atoms with Crippen molar-refractivity contribution in [3.8, 4) is 0 Å². The standard InChI is InChI=1S/C23H24F3N5O/c1-14-20-18(13-19(15-6-7-15)27-21(20)29(2)28-14)22(32)31-10-8-30(9-11-31)17-5-3-4-16(12-17)23(24,25)26/h3-5,12-13,15H,6-11H2,1-2H3. The lowest BCUT2D eigenvalue weighted by Crippen LogP contribution is -2.49. The summed E-state index contributed by atoms with van der Waals surface area (Å²) in [6, 6.07) is 7.26. The zero-order valence-electron chi connectivity index (χ0n) is 18.0. The fourth-order valence-corrected chi connectivity index (χ4v) is 4.44. The van der Waals surface area contributed by atoms with Crippen molar-refractivity contribution in [1.82, 2.24) is 19.7 Å². The van der Waals surface area contributed by atoms with Crippen LogP contribution >= 0.6 is 0 Å². The van der Waals surface area contributed by atoms with Gasteiger partial charge >= 0.3 is 6.18 Å². The number of pyridine rings is 1. The van der Waals surface area contributed by atoms with Crippen molar-refractivity contribution in [1.29, 1.82) is 0 Å². The molecule has 2 aromatic heterocycles. The maximum absolute atomic E-state index is 13.5. The van der Waals surface area contributed by atoms with E-state index in [1.165, 1.54) is 12.1 Å². The van der Waals surface area contributed by atoms with Crippen molar-refractivity contribution < 1.29 is 18.0 Å². The molecule has 1 aliphatic carbocycles. The lowest BCUT2D eigenvalue weighted by molar-refractivity contribution is -0.137. The van der Waals surface area contributed by atoms with E-state index in [0.717, 1.165) is 41.3 Å². The van der Waals surface area contributed by atoms with Crippen LogP contribution in [-0.4, -0.2) is 51.8 Å². The summed E-state index contributed by atoms with van der Waals surface area (Å²) in [5.74, 6) is 0.331. The summed E-state index contributed by atoms with van der Waals surface area (Å²) in [6.07, 6.45) is -2.21. The number of aromatic nitrogens is 3. The number of nitrogens with zero attached hydrogens (tertiary/aromatic N) is 5. The van der Waals surface area contributed by atoms with Gasteiger partial charge in [-0.2, -0.15) is 18.3 Å². The number of hydrogen-bond acceptors (Lipinski definition) is 4. The minimum atomic E-state index is -4.37. The smallest absolute Gasteiger partial charge is 0.368 e. The molecule has 0 atom stereocenters. The summed E-state index contributed by atoms with van der Waals surface area (Å²) in [5.41, 5.74) is 2.91. The fraction of sp³-hybridized carbons (Fsp3) is 0.435. The van der Waals surface area contributed by atoms with Gasteiger partial charge in [-0.05, 0) is 44.0 Å². The van der Waals surface area contributed by atoms with E-state index in [9.17, 15) is 18.0 Å². The van der Waals surface area contributed by atoms with Gasteiger partial charge in [-0.3, -0.25) is 9.48 Å². The molecule has 0 radical (unpaired) electrons. The van der Waals surface area contributed by atoms with Crippen LogP contribution in [0.3, 0.4) is 0 Å². The Morgan fingerprint density at radius 3 is 2.47 bits per heavy atom. The van der Waals surface area contributed by atoms with Gasteiger partial charge in [-0.1, -0.05) is 6.07 Å². The van der Waals surface area contributed by atoms with E-state index in [0.29, 0.717) is 43.3 Å². The maximum Gasteiger partial charge on any atom is 0.416 e. The normalized spacial score (nSPS) is 17.3. The van der Waals surface area contributed by atoms with Gasteiger partial charge in [0.15, 0.2) is 5.65 Å². The highest BCUT2D eigenvalue weighted by atomic mass is 19.4. The minimum Gasteiger partial charge on any atom is -0.368 e. The Bertz CT molecular complexity index is 1190. The predicted octanol–water partition coefficient (Wildman–Crippen LogP) is 4.14. The Kier molecular flexibility index (Phi) is 4.87. The van der Waals surface area contributed by atoms with Crippen LogP contribution in [0.4, 0.5) is 18.9 Å². The molecule has 32 heavy (non-hydrogen) atoms. The molecule has 2 fully saturated rings. The fourth-order valence-electron chi connectivity index (χ4n) is 4.44. The number of halogens is 3. The second-order valence-corrected chi connectivity index (χ2v) is 8.60. The number of aryl methyl sites for hydroxylation is 2. The summed E-state index contributed by atoms with van der Waals surface area (Å²) < 4.78 is 40.9. The monoisotopic (exact) mass is 443 g/mol. The number of alkyl halides is 3. The van der Waals surface area contributed by atoms with Crippen molar-refractivity contribution >= 4 is 22.6 Å². The molecular weight excluding hydrogens is 419 g/mol. The van der Waals surface area contributed by atoms with Gasteiger partial charge in [0.25, 0.3) is 5.91 Å². The molecule has 0 unspecified atom stereocenters. The second-order valence-electron chi connectivity index (χ2n) is 8.60. The number of amides is 1. The molecule has 1 aromatic carbocycles. The van der Waals surface area contributed by atoms with E-state index < -0.39 is 11.7 Å². The van der Waals surface area contributed by atoms with E-state index >= 15 is 0 Å². The van der Waals surface area contributed by atoms with Crippen LogP contribution in [0, 0.1) is 6.92 Å². The summed E-state index contributed by atoms with van der Waals surface area (Å²) in [6.45, 7) is 3.71. The predicted molar refractivity (Wildman–Crippen MR) is 115 cm³/mol. The van der Waals surface area contributed by atoms with Crippen LogP contribution < -0.4 is 4.90 Å². The van der Waals surface area contributed by atoms with Gasteiger partial charge in [0.1, 0.15) is 0 Å². The topological polar surface area (TPSA) is 54.3 Å². The molecule has 6 nitrogen and oxygen atoms in total. The molecule has 5 rings (SSSR count). The van der Waals surface area contributed by atoms with E-state index in [1.54, 1.807) is 15.6 Å². The van der Waals surface area contributed by atoms with Crippen LogP contribution in [0.15, 0.2) is 30.3 Å². The maximum atomic E-state index is 13.5. The third-order valence-corrected chi connectivity index (χ3v) is 6.32. The van der Waals surface area contributed by atoms with Crippen LogP contribution in [-0.2, 0) is 13.2 Å². The number of carbonyl (C=O) groups excluding carboxylic acids is 1. The first-order chi connectivity index (χ1) is 15.2. The first-order valence-corrected chi connectivity index (χ1v) is 10.8. The number of benzene rings is 1. The van der Waals surface area contributed by atoms with Crippen LogP contribution in [0.5, 0.6) is 0 Å². The number of carbonyl (C=O) groups is 1. The molecule has 1 saturated heterocycles. The van der Waals surface area contributed by atoms with E-state index in [-0.39, 0.29) is 5.91 Å². The second kappa shape index (κ2) is 7.50. The Balaban J connectivity index is 1.38. The summed E-state index contributed by atoms with van der Waals surface area (Å²) >= 11 is 0. The molecule has 9 heteroatoms. The van der Waals surface area contributed by atoms with Crippen LogP contribution in [0.1, 0.15) is 46.1 Å². The number of anilines is 1. The first-order valence-electron chi connectivity index (χ1n) is 10.8. The average Bonchev–Trinajstić information content (AvgIpc) is 3.58.